The molecule has 0 fully saturated rings. The third-order valence-electron chi connectivity index (χ3n) is 5.15. The summed E-state index contributed by atoms with van der Waals surface area (Å²) in [6.07, 6.45) is 9.38. The summed E-state index contributed by atoms with van der Waals surface area (Å²) < 4.78 is 2.00. The molecule has 5 rings (SSSR count). The third kappa shape index (κ3) is 3.33. The number of aromatic amines is 1. The summed E-state index contributed by atoms with van der Waals surface area (Å²) in [5.41, 5.74) is 5.77. The molecular formula is C22H21N7O. The Morgan fingerprint density at radius 1 is 1.10 bits per heavy atom. The van der Waals surface area contributed by atoms with Crippen molar-refractivity contribution < 1.29 is 5.11 Å². The molecule has 0 amide bonds. The molecule has 0 bridgehead atoms. The lowest BCUT2D eigenvalue weighted by molar-refractivity contribution is 0.304. The maximum Gasteiger partial charge on any atom is 0.160 e. The Labute approximate surface area is 172 Å². The second-order valence-corrected chi connectivity index (χ2v) is 7.14. The molecule has 4 aromatic heterocycles. The Kier molecular flexibility index (Phi) is 4.53. The van der Waals surface area contributed by atoms with Gasteiger partial charge in [0.25, 0.3) is 0 Å². The maximum atomic E-state index is 9.10. The molecule has 0 saturated carbocycles. The van der Waals surface area contributed by atoms with Crippen LogP contribution in [0.1, 0.15) is 0 Å². The number of benzene rings is 1. The summed E-state index contributed by atoms with van der Waals surface area (Å²) in [4.78, 5) is 11.0. The fourth-order valence-corrected chi connectivity index (χ4v) is 3.50. The van der Waals surface area contributed by atoms with Crippen LogP contribution in [0.15, 0.2) is 67.4 Å². The van der Waals surface area contributed by atoms with Crippen LogP contribution in [0.3, 0.4) is 0 Å². The number of fused-ring (bicyclic) bond motifs is 2. The number of anilines is 3. The number of likely N-dealkylation sites (N-methyl/N-ethyl adjacent to an activating group) is 1. The Morgan fingerprint density at radius 3 is 2.87 bits per heavy atom. The van der Waals surface area contributed by atoms with Crippen molar-refractivity contribution >= 4 is 33.7 Å². The van der Waals surface area contributed by atoms with Gasteiger partial charge in [-0.05, 0) is 29.8 Å². The molecule has 0 spiro atoms. The molecule has 0 radical (unpaired) electrons. The molecule has 0 saturated heterocycles. The van der Waals surface area contributed by atoms with E-state index in [1.54, 1.807) is 12.4 Å². The second kappa shape index (κ2) is 7.49. The zero-order valence-corrected chi connectivity index (χ0v) is 16.4. The molecule has 8 heteroatoms. The number of hydrogen-bond donors (Lipinski definition) is 3. The number of rotatable bonds is 6. The van der Waals surface area contributed by atoms with Crippen LogP contribution >= 0.6 is 0 Å². The normalized spacial score (nSPS) is 11.3. The summed E-state index contributed by atoms with van der Waals surface area (Å²) in [5, 5.41) is 20.7. The lowest BCUT2D eigenvalue weighted by Crippen LogP contribution is -2.21. The number of aliphatic hydroxyl groups is 1. The molecule has 5 aromatic rings. The van der Waals surface area contributed by atoms with Crippen LogP contribution in [0.2, 0.25) is 0 Å². The minimum atomic E-state index is 0.103. The van der Waals surface area contributed by atoms with E-state index in [1.165, 1.54) is 0 Å². The third-order valence-corrected chi connectivity index (χ3v) is 5.15. The van der Waals surface area contributed by atoms with Gasteiger partial charge in [0.15, 0.2) is 5.65 Å². The quantitative estimate of drug-likeness (QED) is 0.405. The van der Waals surface area contributed by atoms with Crippen molar-refractivity contribution in [2.24, 2.45) is 0 Å². The van der Waals surface area contributed by atoms with Crippen molar-refractivity contribution in [3.05, 3.63) is 67.4 Å². The van der Waals surface area contributed by atoms with Gasteiger partial charge in [0.2, 0.25) is 0 Å². The van der Waals surface area contributed by atoms with Gasteiger partial charge >= 0.3 is 0 Å². The summed E-state index contributed by atoms with van der Waals surface area (Å²) in [6.45, 7) is 0.664. The number of aromatic nitrogens is 5. The molecular weight excluding hydrogens is 378 g/mol. The van der Waals surface area contributed by atoms with Crippen LogP contribution in [0.25, 0.3) is 27.7 Å². The molecule has 3 N–H and O–H groups in total. The highest BCUT2D eigenvalue weighted by Crippen LogP contribution is 2.29. The van der Waals surface area contributed by atoms with E-state index in [-0.39, 0.29) is 6.61 Å². The molecule has 4 heterocycles. The SMILES string of the molecule is CN(CCO)c1ccc(Nc2cc(-c3ccc4cn[nH]c4c3)cn3ccnc23)nc1. The average Bonchev–Trinajstić information content (AvgIpc) is 3.43. The van der Waals surface area contributed by atoms with Crippen molar-refractivity contribution in [2.75, 3.05) is 30.4 Å². The fourth-order valence-electron chi connectivity index (χ4n) is 3.50. The minimum absolute atomic E-state index is 0.103. The highest BCUT2D eigenvalue weighted by molar-refractivity contribution is 5.86. The predicted octanol–water partition coefficient (Wildman–Crippen LogP) is 3.44. The van der Waals surface area contributed by atoms with Crippen LogP contribution in [0.4, 0.5) is 17.2 Å². The van der Waals surface area contributed by atoms with Crippen molar-refractivity contribution in [2.45, 2.75) is 0 Å². The number of nitrogens with one attached hydrogen (secondary N) is 2. The molecule has 0 unspecified atom stereocenters. The molecule has 8 nitrogen and oxygen atoms in total. The van der Waals surface area contributed by atoms with E-state index >= 15 is 0 Å². The first kappa shape index (κ1) is 18.1. The monoisotopic (exact) mass is 399 g/mol. The van der Waals surface area contributed by atoms with Crippen LogP contribution in [0, 0.1) is 0 Å². The Morgan fingerprint density at radius 2 is 2.03 bits per heavy atom. The van der Waals surface area contributed by atoms with Gasteiger partial charge in [0.05, 0.1) is 35.9 Å². The van der Waals surface area contributed by atoms with Gasteiger partial charge in [0, 0.05) is 43.1 Å². The lowest BCUT2D eigenvalue weighted by Gasteiger charge is -2.17. The van der Waals surface area contributed by atoms with Gasteiger partial charge in [-0.25, -0.2) is 9.97 Å². The number of nitrogens with zero attached hydrogens (tertiary/aromatic N) is 5. The minimum Gasteiger partial charge on any atom is -0.395 e. The Hall–Kier alpha value is -3.91. The van der Waals surface area contributed by atoms with Gasteiger partial charge in [0.1, 0.15) is 5.82 Å². The van der Waals surface area contributed by atoms with Crippen molar-refractivity contribution in [1.82, 2.24) is 24.6 Å². The van der Waals surface area contributed by atoms with E-state index in [0.29, 0.717) is 6.54 Å². The maximum absolute atomic E-state index is 9.10. The van der Waals surface area contributed by atoms with Gasteiger partial charge in [-0.15, -0.1) is 0 Å². The van der Waals surface area contributed by atoms with Crippen LogP contribution in [0.5, 0.6) is 0 Å². The molecule has 0 atom stereocenters. The average molecular weight is 399 g/mol. The van der Waals surface area contributed by atoms with E-state index in [1.807, 2.05) is 40.9 Å². The van der Waals surface area contributed by atoms with Gasteiger partial charge < -0.3 is 19.7 Å². The molecule has 30 heavy (non-hydrogen) atoms. The molecule has 0 aliphatic rings. The first-order valence-corrected chi connectivity index (χ1v) is 9.66. The van der Waals surface area contributed by atoms with E-state index in [4.69, 9.17) is 5.11 Å². The van der Waals surface area contributed by atoms with E-state index in [2.05, 4.69) is 55.9 Å². The molecule has 150 valence electrons. The largest absolute Gasteiger partial charge is 0.395 e. The number of aliphatic hydroxyl groups excluding tert-OH is 1. The van der Waals surface area contributed by atoms with E-state index in [0.717, 1.165) is 44.9 Å². The topological polar surface area (TPSA) is 94.4 Å². The van der Waals surface area contributed by atoms with E-state index in [9.17, 15) is 0 Å². The predicted molar refractivity (Wildman–Crippen MR) is 118 cm³/mol. The molecule has 1 aromatic carbocycles. The summed E-state index contributed by atoms with van der Waals surface area (Å²) in [6, 6.07) is 12.2. The van der Waals surface area contributed by atoms with Gasteiger partial charge in [-0.3, -0.25) is 5.10 Å². The smallest absolute Gasteiger partial charge is 0.160 e. The van der Waals surface area contributed by atoms with E-state index < -0.39 is 0 Å². The number of pyridine rings is 2. The Bertz CT molecular complexity index is 1310. The molecule has 0 aliphatic heterocycles. The first-order chi connectivity index (χ1) is 14.7. The van der Waals surface area contributed by atoms with Crippen LogP contribution in [-0.2, 0) is 0 Å². The van der Waals surface area contributed by atoms with Crippen LogP contribution in [-0.4, -0.2) is 49.9 Å². The first-order valence-electron chi connectivity index (χ1n) is 9.66. The van der Waals surface area contributed by atoms with Gasteiger partial charge in [-0.2, -0.15) is 5.10 Å². The highest BCUT2D eigenvalue weighted by atomic mass is 16.3. The number of imidazole rings is 1. The lowest BCUT2D eigenvalue weighted by atomic mass is 10.1. The zero-order chi connectivity index (χ0) is 20.5. The van der Waals surface area contributed by atoms with Crippen molar-refractivity contribution in [3.8, 4) is 11.1 Å². The zero-order valence-electron chi connectivity index (χ0n) is 16.4. The summed E-state index contributed by atoms with van der Waals surface area (Å²) in [5.74, 6) is 0.724. The number of H-pyrrole nitrogens is 1. The number of hydrogen-bond acceptors (Lipinski definition) is 6. The standard InChI is InChI=1S/C22H21N7O/c1-28(8-9-30)18-4-5-21(24-13-18)26-20-11-17(14-29-7-6-23-22(20)29)15-2-3-16-12-25-27-19(16)10-15/h2-7,10-14,30H,8-9H2,1H3,(H,24,26)(H,25,27). The summed E-state index contributed by atoms with van der Waals surface area (Å²) in [7, 11) is 1.92. The fraction of sp³-hybridized carbons (Fsp3) is 0.136. The Balaban J connectivity index is 1.50. The summed E-state index contributed by atoms with van der Waals surface area (Å²) >= 11 is 0. The van der Waals surface area contributed by atoms with Crippen LogP contribution < -0.4 is 10.2 Å². The van der Waals surface area contributed by atoms with Gasteiger partial charge in [-0.1, -0.05) is 12.1 Å². The van der Waals surface area contributed by atoms with Crippen molar-refractivity contribution in [3.63, 3.8) is 0 Å². The highest BCUT2D eigenvalue weighted by Gasteiger charge is 2.10. The molecule has 0 aliphatic carbocycles. The second-order valence-electron chi connectivity index (χ2n) is 7.14. The van der Waals surface area contributed by atoms with Crippen molar-refractivity contribution in [1.29, 1.82) is 0 Å².